The van der Waals surface area contributed by atoms with Gasteiger partial charge in [0.2, 0.25) is 0 Å². The maximum atomic E-state index is 5.29. The topological polar surface area (TPSA) is 21.3 Å². The van der Waals surface area contributed by atoms with Crippen LogP contribution in [-0.4, -0.2) is 19.7 Å². The molecule has 0 saturated carbocycles. The highest BCUT2D eigenvalue weighted by molar-refractivity contribution is 5.79. The number of fused-ring (bicyclic) bond motifs is 1. The van der Waals surface area contributed by atoms with Crippen LogP contribution in [0.3, 0.4) is 0 Å². The Morgan fingerprint density at radius 1 is 1.31 bits per heavy atom. The molecule has 0 saturated heterocycles. The van der Waals surface area contributed by atoms with Gasteiger partial charge in [0.15, 0.2) is 0 Å². The molecule has 86 valence electrons. The first-order valence-corrected chi connectivity index (χ1v) is 5.65. The number of likely N-dealkylation sites (N-methyl/N-ethyl adjacent to an activating group) is 1. The van der Waals surface area contributed by atoms with E-state index in [4.69, 9.17) is 4.74 Å². The van der Waals surface area contributed by atoms with Crippen LogP contribution in [0.5, 0.6) is 5.75 Å². The van der Waals surface area contributed by atoms with Crippen LogP contribution in [0.1, 0.15) is 25.0 Å². The Balaban J connectivity index is 2.44. The van der Waals surface area contributed by atoms with Gasteiger partial charge in [-0.1, -0.05) is 12.1 Å². The lowest BCUT2D eigenvalue weighted by atomic mass is 9.89. The molecule has 1 N–H and O–H groups in total. The minimum atomic E-state index is 0.0115. The summed E-state index contributed by atoms with van der Waals surface area (Å²) in [5.41, 5.74) is 4.08. The predicted molar refractivity (Wildman–Crippen MR) is 67.8 cm³/mol. The molecule has 0 fully saturated rings. The number of allylic oxidation sites excluding steroid dienone is 1. The van der Waals surface area contributed by atoms with Gasteiger partial charge >= 0.3 is 0 Å². The highest BCUT2D eigenvalue weighted by Gasteiger charge is 2.27. The number of methoxy groups -OCH3 is 1. The van der Waals surface area contributed by atoms with E-state index in [0.717, 1.165) is 12.2 Å². The van der Waals surface area contributed by atoms with Crippen molar-refractivity contribution in [1.82, 2.24) is 5.32 Å². The Bertz CT molecular complexity index is 432. The third-order valence-electron chi connectivity index (χ3n) is 3.43. The van der Waals surface area contributed by atoms with Crippen molar-refractivity contribution in [1.29, 1.82) is 0 Å². The fourth-order valence-electron chi connectivity index (χ4n) is 2.16. The van der Waals surface area contributed by atoms with Crippen LogP contribution in [0.25, 0.3) is 5.57 Å². The lowest BCUT2D eigenvalue weighted by Crippen LogP contribution is -2.37. The van der Waals surface area contributed by atoms with E-state index in [1.165, 1.54) is 16.7 Å². The summed E-state index contributed by atoms with van der Waals surface area (Å²) in [7, 11) is 3.71. The number of hydrogen-bond acceptors (Lipinski definition) is 2. The molecule has 2 rings (SSSR count). The average molecular weight is 217 g/mol. The Morgan fingerprint density at radius 2 is 2.06 bits per heavy atom. The Labute approximate surface area is 97.3 Å². The molecule has 1 aliphatic carbocycles. The molecule has 1 aromatic rings. The minimum Gasteiger partial charge on any atom is -0.497 e. The van der Waals surface area contributed by atoms with Gasteiger partial charge in [-0.25, -0.2) is 0 Å². The Morgan fingerprint density at radius 3 is 2.69 bits per heavy atom. The van der Waals surface area contributed by atoms with Crippen molar-refractivity contribution in [3.63, 3.8) is 0 Å². The molecule has 0 atom stereocenters. The minimum absolute atomic E-state index is 0.0115. The molecule has 0 aromatic heterocycles. The zero-order chi connectivity index (χ0) is 11.8. The summed E-state index contributed by atoms with van der Waals surface area (Å²) in [6.07, 6.45) is 3.33. The normalized spacial score (nSPS) is 14.6. The maximum Gasteiger partial charge on any atom is 0.119 e. The van der Waals surface area contributed by atoms with Crippen LogP contribution in [0.4, 0.5) is 0 Å². The van der Waals surface area contributed by atoms with Crippen molar-refractivity contribution < 1.29 is 4.74 Å². The Kier molecular flexibility index (Phi) is 2.76. The monoisotopic (exact) mass is 217 g/mol. The SMILES string of the molecule is CNC(C)(C)C1=CCc2ccc(OC)cc21. The smallest absolute Gasteiger partial charge is 0.119 e. The van der Waals surface area contributed by atoms with E-state index in [2.05, 4.69) is 37.4 Å². The first-order valence-electron chi connectivity index (χ1n) is 5.65. The number of nitrogens with one attached hydrogen (secondary N) is 1. The Hall–Kier alpha value is -1.28. The van der Waals surface area contributed by atoms with Gasteiger partial charge in [0.1, 0.15) is 5.75 Å². The number of benzene rings is 1. The summed E-state index contributed by atoms with van der Waals surface area (Å²) in [6.45, 7) is 4.40. The standard InChI is InChI=1S/C14H19NO/c1-14(2,15-3)13-8-6-10-5-7-11(16-4)9-12(10)13/h5,7-9,15H,6H2,1-4H3. The second-order valence-electron chi connectivity index (χ2n) is 4.72. The largest absolute Gasteiger partial charge is 0.497 e. The zero-order valence-electron chi connectivity index (χ0n) is 10.4. The average Bonchev–Trinajstić information content (AvgIpc) is 2.72. The van der Waals surface area contributed by atoms with Crippen molar-refractivity contribution in [2.75, 3.05) is 14.2 Å². The summed E-state index contributed by atoms with van der Waals surface area (Å²) in [4.78, 5) is 0. The van der Waals surface area contributed by atoms with Crippen LogP contribution in [-0.2, 0) is 6.42 Å². The summed E-state index contributed by atoms with van der Waals surface area (Å²) in [6, 6.07) is 6.32. The van der Waals surface area contributed by atoms with Crippen molar-refractivity contribution in [3.8, 4) is 5.75 Å². The predicted octanol–water partition coefficient (Wildman–Crippen LogP) is 2.63. The molecule has 1 aliphatic rings. The number of ether oxygens (including phenoxy) is 1. The van der Waals surface area contributed by atoms with E-state index < -0.39 is 0 Å². The fraction of sp³-hybridized carbons (Fsp3) is 0.429. The van der Waals surface area contributed by atoms with Gasteiger partial charge < -0.3 is 10.1 Å². The van der Waals surface area contributed by atoms with Gasteiger partial charge in [0.05, 0.1) is 7.11 Å². The molecule has 0 unspecified atom stereocenters. The second-order valence-corrected chi connectivity index (χ2v) is 4.72. The van der Waals surface area contributed by atoms with Crippen molar-refractivity contribution in [2.24, 2.45) is 0 Å². The lowest BCUT2D eigenvalue weighted by molar-refractivity contribution is 0.414. The molecule has 0 aliphatic heterocycles. The first-order chi connectivity index (χ1) is 7.58. The van der Waals surface area contributed by atoms with Gasteiger partial charge in [-0.15, -0.1) is 0 Å². The molecule has 0 amide bonds. The summed E-state index contributed by atoms with van der Waals surface area (Å²) < 4.78 is 5.29. The molecule has 0 spiro atoms. The van der Waals surface area contributed by atoms with Crippen LogP contribution < -0.4 is 10.1 Å². The molecule has 2 nitrogen and oxygen atoms in total. The van der Waals surface area contributed by atoms with Crippen LogP contribution in [0, 0.1) is 0 Å². The summed E-state index contributed by atoms with van der Waals surface area (Å²) in [5, 5.41) is 3.35. The van der Waals surface area contributed by atoms with Gasteiger partial charge in [0.25, 0.3) is 0 Å². The highest BCUT2D eigenvalue weighted by Crippen LogP contribution is 2.36. The quantitative estimate of drug-likeness (QED) is 0.840. The van der Waals surface area contributed by atoms with Crippen LogP contribution in [0.2, 0.25) is 0 Å². The van der Waals surface area contributed by atoms with E-state index >= 15 is 0 Å². The van der Waals surface area contributed by atoms with Crippen LogP contribution >= 0.6 is 0 Å². The summed E-state index contributed by atoms with van der Waals surface area (Å²) >= 11 is 0. The van der Waals surface area contributed by atoms with Gasteiger partial charge in [-0.3, -0.25) is 0 Å². The van der Waals surface area contributed by atoms with Crippen molar-refractivity contribution >= 4 is 5.57 Å². The van der Waals surface area contributed by atoms with Crippen molar-refractivity contribution in [3.05, 3.63) is 35.4 Å². The third kappa shape index (κ3) is 1.74. The highest BCUT2D eigenvalue weighted by atomic mass is 16.5. The van der Waals surface area contributed by atoms with E-state index in [1.54, 1.807) is 7.11 Å². The van der Waals surface area contributed by atoms with E-state index in [9.17, 15) is 0 Å². The summed E-state index contributed by atoms with van der Waals surface area (Å²) in [5.74, 6) is 0.929. The molecule has 16 heavy (non-hydrogen) atoms. The third-order valence-corrected chi connectivity index (χ3v) is 3.43. The molecule has 2 heteroatoms. The van der Waals surface area contributed by atoms with Crippen molar-refractivity contribution in [2.45, 2.75) is 25.8 Å². The fourth-order valence-corrected chi connectivity index (χ4v) is 2.16. The zero-order valence-corrected chi connectivity index (χ0v) is 10.4. The van der Waals surface area contributed by atoms with Gasteiger partial charge in [0, 0.05) is 5.54 Å². The molecule has 0 heterocycles. The van der Waals surface area contributed by atoms with Gasteiger partial charge in [-0.2, -0.15) is 0 Å². The first kappa shape index (κ1) is 11.2. The lowest BCUT2D eigenvalue weighted by Gasteiger charge is -2.27. The second kappa shape index (κ2) is 3.95. The molecular weight excluding hydrogens is 198 g/mol. The van der Waals surface area contributed by atoms with E-state index in [1.807, 2.05) is 13.1 Å². The molecule has 0 radical (unpaired) electrons. The number of rotatable bonds is 3. The molecular formula is C14H19NO. The maximum absolute atomic E-state index is 5.29. The molecule has 0 bridgehead atoms. The number of hydrogen-bond donors (Lipinski definition) is 1. The van der Waals surface area contributed by atoms with E-state index in [-0.39, 0.29) is 5.54 Å². The van der Waals surface area contributed by atoms with Gasteiger partial charge in [-0.05, 0) is 56.1 Å². The van der Waals surface area contributed by atoms with E-state index in [0.29, 0.717) is 0 Å². The molecule has 1 aromatic carbocycles. The van der Waals surface area contributed by atoms with Crippen LogP contribution in [0.15, 0.2) is 24.3 Å².